The van der Waals surface area contributed by atoms with Crippen molar-refractivity contribution < 1.29 is 46.4 Å². The van der Waals surface area contributed by atoms with E-state index in [1.165, 1.54) is 0 Å². The van der Waals surface area contributed by atoms with Crippen LogP contribution in [0, 0.1) is 11.8 Å². The number of cyclic esters (lactones) is 4. The van der Waals surface area contributed by atoms with Gasteiger partial charge in [-0.2, -0.15) is 0 Å². The van der Waals surface area contributed by atoms with Crippen molar-refractivity contribution in [2.45, 2.75) is 141 Å². The molecule has 0 bridgehead atoms. The number of carbonyl (C=O) groups is 4. The van der Waals surface area contributed by atoms with Gasteiger partial charge < -0.3 is 27.2 Å². The lowest BCUT2D eigenvalue weighted by molar-refractivity contribution is -0.155. The summed E-state index contributed by atoms with van der Waals surface area (Å²) in [7, 11) is -7.40. The van der Waals surface area contributed by atoms with Crippen LogP contribution in [0.25, 0.3) is 0 Å². The molecule has 2 aliphatic rings. The molecule has 0 aliphatic carbocycles. The van der Waals surface area contributed by atoms with Crippen molar-refractivity contribution >= 4 is 57.1 Å². The molecule has 2 rings (SSSR count). The van der Waals surface area contributed by atoms with Crippen LogP contribution in [0.2, 0.25) is 76.6 Å². The minimum Gasteiger partial charge on any atom is -0.455 e. The van der Waals surface area contributed by atoms with Crippen molar-refractivity contribution in [3.63, 3.8) is 0 Å². The Morgan fingerprint density at radius 2 is 1.00 bits per heavy atom. The van der Waals surface area contributed by atoms with Crippen LogP contribution < -0.4 is 0 Å². The van der Waals surface area contributed by atoms with Gasteiger partial charge >= 0.3 is 23.9 Å². The molecule has 2 saturated heterocycles. The first-order valence-electron chi connectivity index (χ1n) is 16.9. The van der Waals surface area contributed by atoms with Gasteiger partial charge in [-0.25, -0.2) is 0 Å². The van der Waals surface area contributed by atoms with Gasteiger partial charge in [-0.05, 0) is 109 Å². The molecule has 0 aromatic rings. The molecule has 3 unspecified atom stereocenters. The highest BCUT2D eigenvalue weighted by Crippen LogP contribution is 2.29. The van der Waals surface area contributed by atoms with Gasteiger partial charge in [0.25, 0.3) is 0 Å². The molecule has 0 aromatic heterocycles. The van der Waals surface area contributed by atoms with Crippen molar-refractivity contribution in [3.8, 4) is 0 Å². The van der Waals surface area contributed by atoms with E-state index in [-0.39, 0.29) is 42.7 Å². The molecular formula is C31H60O10Si4. The molecule has 260 valence electrons. The van der Waals surface area contributed by atoms with Crippen LogP contribution in [-0.4, -0.2) is 83.1 Å². The first-order valence-corrected chi connectivity index (χ1v) is 29.3. The maximum atomic E-state index is 11.7. The summed E-state index contributed by atoms with van der Waals surface area (Å²) in [6, 6.07) is 4.02. The zero-order chi connectivity index (χ0) is 33.9. The van der Waals surface area contributed by atoms with Crippen LogP contribution >= 0.6 is 0 Å². The second-order valence-corrected chi connectivity index (χ2v) is 33.1. The lowest BCUT2D eigenvalue weighted by atomic mass is 10.0. The van der Waals surface area contributed by atoms with Crippen molar-refractivity contribution in [1.29, 1.82) is 0 Å². The third-order valence-corrected chi connectivity index (χ3v) is 23.5. The SMILES string of the molecule is CC(COCCC[Si](C)(C)O[Si](C)(C)CCCC1CC(=O)OC1=O)OCCC[Si](C)(C)O[Si](C)(C)CCCC1CC(=O)OC1=O. The summed E-state index contributed by atoms with van der Waals surface area (Å²) in [5.74, 6) is -2.09. The third kappa shape index (κ3) is 16.6. The molecule has 0 spiro atoms. The van der Waals surface area contributed by atoms with Gasteiger partial charge in [-0.1, -0.05) is 12.8 Å². The molecular weight excluding hydrogens is 645 g/mol. The number of carbonyl (C=O) groups excluding carboxylic acids is 4. The lowest BCUT2D eigenvalue weighted by Gasteiger charge is -2.34. The van der Waals surface area contributed by atoms with Crippen molar-refractivity contribution in [3.05, 3.63) is 0 Å². The zero-order valence-corrected chi connectivity index (χ0v) is 33.4. The summed E-state index contributed by atoms with van der Waals surface area (Å²) in [6.07, 6.45) is 5.56. The molecule has 2 heterocycles. The normalized spacial score (nSPS) is 20.6. The Balaban J connectivity index is 1.53. The highest BCUT2D eigenvalue weighted by molar-refractivity contribution is 6.85. The van der Waals surface area contributed by atoms with Crippen molar-refractivity contribution in [2.24, 2.45) is 11.8 Å². The monoisotopic (exact) mass is 704 g/mol. The minimum atomic E-state index is -1.87. The smallest absolute Gasteiger partial charge is 0.317 e. The van der Waals surface area contributed by atoms with E-state index in [1.807, 2.05) is 0 Å². The standard InChI is InChI=1S/C31H60O10Si4/c1-25(37-17-13-21-45(8,9)41-43(4,5)19-11-15-27-23-29(33)39-31(27)35)24-36-16-12-20-44(6,7)40-42(2,3)18-10-14-26-22-28(32)38-30(26)34/h25-27H,10-24H2,1-9H3. The second kappa shape index (κ2) is 17.9. The van der Waals surface area contributed by atoms with Crippen LogP contribution in [0.4, 0.5) is 0 Å². The van der Waals surface area contributed by atoms with Crippen LogP contribution in [0.3, 0.4) is 0 Å². The van der Waals surface area contributed by atoms with Crippen LogP contribution in [0.15, 0.2) is 0 Å². The summed E-state index contributed by atoms with van der Waals surface area (Å²) in [5, 5.41) is 0. The number of esters is 4. The number of hydrogen-bond acceptors (Lipinski definition) is 10. The molecule has 2 aliphatic heterocycles. The molecule has 0 radical (unpaired) electrons. The maximum absolute atomic E-state index is 11.7. The van der Waals surface area contributed by atoms with Gasteiger partial charge in [-0.3, -0.25) is 19.2 Å². The first-order chi connectivity index (χ1) is 20.8. The summed E-state index contributed by atoms with van der Waals surface area (Å²) >= 11 is 0. The fourth-order valence-corrected chi connectivity index (χ4v) is 24.1. The van der Waals surface area contributed by atoms with E-state index >= 15 is 0 Å². The average molecular weight is 705 g/mol. The highest BCUT2D eigenvalue weighted by Gasteiger charge is 2.37. The molecule has 0 amide bonds. The van der Waals surface area contributed by atoms with Gasteiger partial charge in [0.05, 0.1) is 37.4 Å². The fraction of sp³-hybridized carbons (Fsp3) is 0.871. The zero-order valence-electron chi connectivity index (χ0n) is 29.4. The van der Waals surface area contributed by atoms with Gasteiger partial charge in [0.1, 0.15) is 0 Å². The highest BCUT2D eigenvalue weighted by atomic mass is 28.4. The number of ether oxygens (including phenoxy) is 4. The molecule has 0 saturated carbocycles. The van der Waals surface area contributed by atoms with E-state index < -0.39 is 45.2 Å². The van der Waals surface area contributed by atoms with E-state index in [0.717, 1.165) is 49.9 Å². The van der Waals surface area contributed by atoms with Crippen LogP contribution in [-0.2, 0) is 46.4 Å². The van der Waals surface area contributed by atoms with Crippen LogP contribution in [0.5, 0.6) is 0 Å². The molecule has 10 nitrogen and oxygen atoms in total. The molecule has 45 heavy (non-hydrogen) atoms. The van der Waals surface area contributed by atoms with Crippen molar-refractivity contribution in [2.75, 3.05) is 19.8 Å². The summed E-state index contributed by atoms with van der Waals surface area (Å²) in [6.45, 7) is 22.1. The lowest BCUT2D eigenvalue weighted by Crippen LogP contribution is -2.44. The largest absolute Gasteiger partial charge is 0.455 e. The van der Waals surface area contributed by atoms with Gasteiger partial charge in [-0.15, -0.1) is 0 Å². The second-order valence-electron chi connectivity index (χ2n) is 15.4. The predicted molar refractivity (Wildman–Crippen MR) is 184 cm³/mol. The predicted octanol–water partition coefficient (Wildman–Crippen LogP) is 6.78. The summed E-state index contributed by atoms with van der Waals surface area (Å²) in [4.78, 5) is 46.0. The van der Waals surface area contributed by atoms with E-state index in [9.17, 15) is 19.2 Å². The quantitative estimate of drug-likeness (QED) is 0.0487. The maximum Gasteiger partial charge on any atom is 0.317 e. The molecule has 14 heteroatoms. The number of rotatable bonds is 23. The molecule has 0 aromatic carbocycles. The fourth-order valence-electron chi connectivity index (χ4n) is 6.41. The molecule has 2 fully saturated rings. The van der Waals surface area contributed by atoms with Crippen molar-refractivity contribution in [1.82, 2.24) is 0 Å². The third-order valence-electron chi connectivity index (χ3n) is 8.44. The first kappa shape index (κ1) is 40.2. The Bertz CT molecular complexity index is 1000. The molecule has 3 atom stereocenters. The number of hydrogen-bond donors (Lipinski definition) is 0. The average Bonchev–Trinajstić information content (AvgIpc) is 3.37. The summed E-state index contributed by atoms with van der Waals surface area (Å²) in [5.41, 5.74) is 0. The van der Waals surface area contributed by atoms with E-state index in [4.69, 9.17) is 17.7 Å². The minimum absolute atomic E-state index is 0.0379. The van der Waals surface area contributed by atoms with Gasteiger partial charge in [0.15, 0.2) is 33.3 Å². The Morgan fingerprint density at radius 3 is 1.38 bits per heavy atom. The van der Waals surface area contributed by atoms with E-state index in [1.54, 1.807) is 0 Å². The van der Waals surface area contributed by atoms with Gasteiger partial charge in [0, 0.05) is 13.2 Å². The van der Waals surface area contributed by atoms with Crippen LogP contribution in [0.1, 0.15) is 58.3 Å². The Hall–Kier alpha value is -1.01. The Morgan fingerprint density at radius 1 is 0.622 bits per heavy atom. The van der Waals surface area contributed by atoms with E-state index in [2.05, 4.69) is 68.8 Å². The van der Waals surface area contributed by atoms with Gasteiger partial charge in [0.2, 0.25) is 0 Å². The van der Waals surface area contributed by atoms with E-state index in [0.29, 0.717) is 32.7 Å². The molecule has 0 N–H and O–H groups in total. The Kier molecular flexibility index (Phi) is 16.0. The topological polar surface area (TPSA) is 124 Å². The summed E-state index contributed by atoms with van der Waals surface area (Å²) < 4.78 is 34.7. The Labute approximate surface area is 275 Å².